The molecule has 0 fully saturated rings. The van der Waals surface area contributed by atoms with Crippen molar-refractivity contribution in [2.45, 2.75) is 32.1 Å². The summed E-state index contributed by atoms with van der Waals surface area (Å²) in [6.45, 7) is 1.93. The van der Waals surface area contributed by atoms with Crippen molar-refractivity contribution < 1.29 is 14.3 Å². The molecule has 1 aromatic carbocycles. The standard InChI is InChI=1S/C14H17FN4O2/c1-2-3-11(14(20)21)12(13-16-18-19-17-13)8-9-4-6-10(15)7-5-9/h4-7,11-12H,2-3,8H2,1H3,(H,20,21)(H,16,17,18,19)/t11-,12-/m0/s1. The van der Waals surface area contributed by atoms with Crippen LogP contribution in [-0.2, 0) is 11.2 Å². The maximum atomic E-state index is 13.0. The molecule has 1 aromatic heterocycles. The van der Waals surface area contributed by atoms with Crippen molar-refractivity contribution in [1.29, 1.82) is 0 Å². The Hall–Kier alpha value is -2.31. The van der Waals surface area contributed by atoms with Gasteiger partial charge in [0.25, 0.3) is 0 Å². The minimum Gasteiger partial charge on any atom is -0.481 e. The van der Waals surface area contributed by atoms with E-state index in [1.807, 2.05) is 6.92 Å². The third-order valence-electron chi connectivity index (χ3n) is 3.46. The normalized spacial score (nSPS) is 13.8. The number of carboxylic acid groups (broad SMARTS) is 1. The molecule has 2 N–H and O–H groups in total. The van der Waals surface area contributed by atoms with Crippen molar-refractivity contribution in [3.8, 4) is 0 Å². The van der Waals surface area contributed by atoms with Crippen molar-refractivity contribution in [3.63, 3.8) is 0 Å². The number of nitrogens with zero attached hydrogens (tertiary/aromatic N) is 3. The van der Waals surface area contributed by atoms with Gasteiger partial charge in [0.1, 0.15) is 5.82 Å². The zero-order valence-electron chi connectivity index (χ0n) is 11.7. The molecule has 0 aliphatic carbocycles. The monoisotopic (exact) mass is 292 g/mol. The van der Waals surface area contributed by atoms with Crippen LogP contribution in [0.25, 0.3) is 0 Å². The van der Waals surface area contributed by atoms with Crippen LogP contribution in [0, 0.1) is 11.7 Å². The minimum absolute atomic E-state index is 0.321. The highest BCUT2D eigenvalue weighted by atomic mass is 19.1. The predicted octanol–water partition coefficient (Wildman–Crippen LogP) is 2.17. The average Bonchev–Trinajstić information content (AvgIpc) is 2.98. The Kier molecular flexibility index (Phi) is 4.97. The van der Waals surface area contributed by atoms with Gasteiger partial charge in [-0.1, -0.05) is 30.7 Å². The second-order valence-electron chi connectivity index (χ2n) is 4.94. The van der Waals surface area contributed by atoms with E-state index in [2.05, 4.69) is 20.6 Å². The van der Waals surface area contributed by atoms with E-state index < -0.39 is 17.8 Å². The summed E-state index contributed by atoms with van der Waals surface area (Å²) < 4.78 is 13.0. The lowest BCUT2D eigenvalue weighted by molar-refractivity contribution is -0.142. The van der Waals surface area contributed by atoms with Crippen molar-refractivity contribution in [2.75, 3.05) is 0 Å². The molecule has 2 atom stereocenters. The summed E-state index contributed by atoms with van der Waals surface area (Å²) in [6.07, 6.45) is 1.70. The van der Waals surface area contributed by atoms with Crippen molar-refractivity contribution in [3.05, 3.63) is 41.5 Å². The Morgan fingerprint density at radius 1 is 1.38 bits per heavy atom. The number of nitrogens with one attached hydrogen (secondary N) is 1. The molecule has 0 bridgehead atoms. The van der Waals surface area contributed by atoms with Gasteiger partial charge < -0.3 is 5.11 Å². The van der Waals surface area contributed by atoms with Gasteiger partial charge in [-0.2, -0.15) is 5.21 Å². The van der Waals surface area contributed by atoms with E-state index in [1.165, 1.54) is 12.1 Å². The zero-order chi connectivity index (χ0) is 15.2. The first kappa shape index (κ1) is 15.1. The van der Waals surface area contributed by atoms with Crippen LogP contribution in [-0.4, -0.2) is 31.7 Å². The Balaban J connectivity index is 2.27. The number of benzene rings is 1. The van der Waals surface area contributed by atoms with Crippen LogP contribution in [0.4, 0.5) is 4.39 Å². The molecular formula is C14H17FN4O2. The fraction of sp³-hybridized carbons (Fsp3) is 0.429. The number of carboxylic acids is 1. The molecule has 0 amide bonds. The first-order chi connectivity index (χ1) is 10.1. The van der Waals surface area contributed by atoms with Crippen LogP contribution in [0.5, 0.6) is 0 Å². The van der Waals surface area contributed by atoms with E-state index in [0.717, 1.165) is 12.0 Å². The number of halogens is 1. The summed E-state index contributed by atoms with van der Waals surface area (Å²) in [6, 6.07) is 6.01. The molecule has 7 heteroatoms. The summed E-state index contributed by atoms with van der Waals surface area (Å²) in [5.74, 6) is -1.82. The number of aromatic amines is 1. The summed E-state index contributed by atoms with van der Waals surface area (Å²) >= 11 is 0. The topological polar surface area (TPSA) is 91.8 Å². The van der Waals surface area contributed by atoms with Crippen LogP contribution >= 0.6 is 0 Å². The molecule has 0 spiro atoms. The predicted molar refractivity (Wildman–Crippen MR) is 73.1 cm³/mol. The van der Waals surface area contributed by atoms with Crippen LogP contribution in [0.15, 0.2) is 24.3 Å². The molecule has 0 aliphatic heterocycles. The number of hydrogen-bond acceptors (Lipinski definition) is 4. The van der Waals surface area contributed by atoms with Gasteiger partial charge in [0.05, 0.1) is 5.92 Å². The molecule has 6 nitrogen and oxygen atoms in total. The van der Waals surface area contributed by atoms with E-state index in [1.54, 1.807) is 12.1 Å². The van der Waals surface area contributed by atoms with Crippen LogP contribution in [0.2, 0.25) is 0 Å². The third-order valence-corrected chi connectivity index (χ3v) is 3.46. The Labute approximate surface area is 121 Å². The summed E-state index contributed by atoms with van der Waals surface area (Å²) in [5.41, 5.74) is 0.841. The Morgan fingerprint density at radius 3 is 2.62 bits per heavy atom. The van der Waals surface area contributed by atoms with Gasteiger partial charge in [0, 0.05) is 5.92 Å². The van der Waals surface area contributed by atoms with Gasteiger partial charge in [-0.3, -0.25) is 4.79 Å². The van der Waals surface area contributed by atoms with Crippen molar-refractivity contribution in [1.82, 2.24) is 20.6 Å². The van der Waals surface area contributed by atoms with Gasteiger partial charge in [-0.15, -0.1) is 10.2 Å². The van der Waals surface area contributed by atoms with Crippen LogP contribution in [0.3, 0.4) is 0 Å². The van der Waals surface area contributed by atoms with Crippen LogP contribution in [0.1, 0.15) is 37.1 Å². The molecule has 0 aliphatic rings. The minimum atomic E-state index is -0.881. The summed E-state index contributed by atoms with van der Waals surface area (Å²) in [7, 11) is 0. The van der Waals surface area contributed by atoms with Crippen molar-refractivity contribution in [2.24, 2.45) is 5.92 Å². The number of H-pyrrole nitrogens is 1. The van der Waals surface area contributed by atoms with E-state index in [4.69, 9.17) is 0 Å². The van der Waals surface area contributed by atoms with Crippen molar-refractivity contribution >= 4 is 5.97 Å². The smallest absolute Gasteiger partial charge is 0.307 e. The molecule has 1 heterocycles. The maximum Gasteiger partial charge on any atom is 0.307 e. The number of carbonyl (C=O) groups is 1. The highest BCUT2D eigenvalue weighted by Crippen LogP contribution is 2.29. The second-order valence-corrected chi connectivity index (χ2v) is 4.94. The fourth-order valence-electron chi connectivity index (χ4n) is 2.42. The Bertz CT molecular complexity index is 571. The third kappa shape index (κ3) is 3.84. The number of aliphatic carboxylic acids is 1. The van der Waals surface area contributed by atoms with Gasteiger partial charge >= 0.3 is 5.97 Å². The second kappa shape index (κ2) is 6.92. The average molecular weight is 292 g/mol. The van der Waals surface area contributed by atoms with E-state index in [9.17, 15) is 14.3 Å². The SMILES string of the molecule is CCC[C@H](C(=O)O)[C@H](Cc1ccc(F)cc1)c1nn[nH]n1. The van der Waals surface area contributed by atoms with E-state index in [0.29, 0.717) is 18.7 Å². The van der Waals surface area contributed by atoms with E-state index >= 15 is 0 Å². The lowest BCUT2D eigenvalue weighted by Gasteiger charge is -2.20. The molecule has 0 saturated heterocycles. The molecule has 112 valence electrons. The molecule has 0 radical (unpaired) electrons. The summed E-state index contributed by atoms with van der Waals surface area (Å²) in [4.78, 5) is 11.5. The first-order valence-electron chi connectivity index (χ1n) is 6.82. The van der Waals surface area contributed by atoms with Crippen LogP contribution < -0.4 is 0 Å². The van der Waals surface area contributed by atoms with Gasteiger partial charge in [0.2, 0.25) is 0 Å². The molecular weight excluding hydrogens is 275 g/mol. The van der Waals surface area contributed by atoms with Gasteiger partial charge in [0.15, 0.2) is 5.82 Å². The lowest BCUT2D eigenvalue weighted by Crippen LogP contribution is -2.25. The zero-order valence-corrected chi connectivity index (χ0v) is 11.7. The number of aromatic nitrogens is 4. The Morgan fingerprint density at radius 2 is 2.10 bits per heavy atom. The highest BCUT2D eigenvalue weighted by Gasteiger charge is 2.31. The van der Waals surface area contributed by atoms with Gasteiger partial charge in [-0.05, 0) is 30.5 Å². The lowest BCUT2D eigenvalue weighted by atomic mass is 9.83. The van der Waals surface area contributed by atoms with Gasteiger partial charge in [-0.25, -0.2) is 4.39 Å². The van der Waals surface area contributed by atoms with E-state index in [-0.39, 0.29) is 5.82 Å². The highest BCUT2D eigenvalue weighted by molar-refractivity contribution is 5.71. The number of rotatable bonds is 7. The molecule has 21 heavy (non-hydrogen) atoms. The maximum absolute atomic E-state index is 13.0. The molecule has 2 rings (SSSR count). The number of tetrazole rings is 1. The largest absolute Gasteiger partial charge is 0.481 e. The molecule has 2 aromatic rings. The molecule has 0 saturated carbocycles. The quantitative estimate of drug-likeness (QED) is 0.816. The number of hydrogen-bond donors (Lipinski definition) is 2. The first-order valence-corrected chi connectivity index (χ1v) is 6.82. The molecule has 0 unspecified atom stereocenters. The summed E-state index contributed by atoms with van der Waals surface area (Å²) in [5, 5.41) is 23.2. The fourth-order valence-corrected chi connectivity index (χ4v) is 2.42.